The molecule has 0 unspecified atom stereocenters. The molecular weight excluding hydrogens is 414 g/mol. The fourth-order valence-corrected chi connectivity index (χ4v) is 4.24. The van der Waals surface area contributed by atoms with Gasteiger partial charge in [0.1, 0.15) is 6.54 Å². The number of likely N-dealkylation sites (tertiary alicyclic amines) is 1. The Morgan fingerprint density at radius 1 is 1.16 bits per heavy atom. The van der Waals surface area contributed by atoms with E-state index in [2.05, 4.69) is 10.4 Å². The third-order valence-electron chi connectivity index (χ3n) is 6.02. The van der Waals surface area contributed by atoms with E-state index in [1.807, 2.05) is 18.3 Å². The van der Waals surface area contributed by atoms with Crippen molar-refractivity contribution in [1.82, 2.24) is 24.7 Å². The second-order valence-electron chi connectivity index (χ2n) is 7.98. The highest BCUT2D eigenvalue weighted by Gasteiger charge is 2.26. The third-order valence-corrected chi connectivity index (χ3v) is 6.02. The van der Waals surface area contributed by atoms with Crippen molar-refractivity contribution in [3.63, 3.8) is 0 Å². The standard InChI is InChI=1S/C22H29N5O5/c1-2-32-20(28)15-23-22(30)26-6-3-16(4-7-26)17-5-8-27-19(13-17)18(14-24-27)21(29)25-9-11-31-12-10-25/h5,8,13-14,16H,2-4,6-7,9-12,15H2,1H3,(H,23,30). The van der Waals surface area contributed by atoms with Gasteiger partial charge in [-0.1, -0.05) is 0 Å². The van der Waals surface area contributed by atoms with Crippen LogP contribution in [0.15, 0.2) is 24.5 Å². The lowest BCUT2D eigenvalue weighted by Crippen LogP contribution is -2.45. The maximum absolute atomic E-state index is 13.0. The SMILES string of the molecule is CCOC(=O)CNC(=O)N1CCC(c2ccn3ncc(C(=O)N4CCOCC4)c3c2)CC1. The number of esters is 1. The average molecular weight is 444 g/mol. The molecule has 2 aromatic rings. The Labute approximate surface area is 186 Å². The van der Waals surface area contributed by atoms with Crippen molar-refractivity contribution < 1.29 is 23.9 Å². The molecule has 0 atom stereocenters. The van der Waals surface area contributed by atoms with Crippen molar-refractivity contribution in [2.45, 2.75) is 25.7 Å². The molecule has 0 aromatic carbocycles. The fraction of sp³-hybridized carbons (Fsp3) is 0.545. The number of carbonyl (C=O) groups excluding carboxylic acids is 3. The quantitative estimate of drug-likeness (QED) is 0.698. The van der Waals surface area contributed by atoms with Gasteiger partial charge in [0.15, 0.2) is 0 Å². The number of fused-ring (bicyclic) bond motifs is 1. The molecule has 3 amide bonds. The van der Waals surface area contributed by atoms with Crippen LogP contribution in [0.25, 0.3) is 5.52 Å². The molecule has 2 fully saturated rings. The van der Waals surface area contributed by atoms with E-state index in [0.29, 0.717) is 51.6 Å². The summed E-state index contributed by atoms with van der Waals surface area (Å²) in [5.74, 6) is -0.170. The molecule has 0 bridgehead atoms. The van der Waals surface area contributed by atoms with Crippen LogP contribution in [-0.4, -0.2) is 89.9 Å². The predicted molar refractivity (Wildman–Crippen MR) is 115 cm³/mol. The zero-order chi connectivity index (χ0) is 22.5. The van der Waals surface area contributed by atoms with Crippen molar-refractivity contribution >= 4 is 23.4 Å². The first-order chi connectivity index (χ1) is 15.6. The zero-order valence-corrected chi connectivity index (χ0v) is 18.3. The Morgan fingerprint density at radius 2 is 1.91 bits per heavy atom. The number of piperidine rings is 1. The molecule has 172 valence electrons. The summed E-state index contributed by atoms with van der Waals surface area (Å²) in [6.45, 7) is 5.40. The van der Waals surface area contributed by atoms with Gasteiger partial charge in [-0.3, -0.25) is 9.59 Å². The van der Waals surface area contributed by atoms with Crippen LogP contribution in [0.2, 0.25) is 0 Å². The van der Waals surface area contributed by atoms with Crippen LogP contribution in [0.1, 0.15) is 41.6 Å². The van der Waals surface area contributed by atoms with E-state index in [9.17, 15) is 14.4 Å². The van der Waals surface area contributed by atoms with Gasteiger partial charge in [0.05, 0.1) is 37.1 Å². The summed E-state index contributed by atoms with van der Waals surface area (Å²) in [5, 5.41) is 6.96. The molecule has 0 aliphatic carbocycles. The molecule has 1 N–H and O–H groups in total. The van der Waals surface area contributed by atoms with E-state index in [-0.39, 0.29) is 24.4 Å². The van der Waals surface area contributed by atoms with Crippen LogP contribution in [0.3, 0.4) is 0 Å². The normalized spacial score (nSPS) is 17.4. The summed E-state index contributed by atoms with van der Waals surface area (Å²) in [7, 11) is 0. The average Bonchev–Trinajstić information content (AvgIpc) is 3.26. The highest BCUT2D eigenvalue weighted by Crippen LogP contribution is 2.29. The van der Waals surface area contributed by atoms with Crippen LogP contribution in [0.5, 0.6) is 0 Å². The van der Waals surface area contributed by atoms with Crippen molar-refractivity contribution in [3.05, 3.63) is 35.7 Å². The Morgan fingerprint density at radius 3 is 2.62 bits per heavy atom. The third kappa shape index (κ3) is 4.85. The van der Waals surface area contributed by atoms with E-state index < -0.39 is 5.97 Å². The molecule has 0 radical (unpaired) electrons. The lowest BCUT2D eigenvalue weighted by atomic mass is 9.89. The van der Waals surface area contributed by atoms with E-state index in [1.54, 1.807) is 27.4 Å². The van der Waals surface area contributed by atoms with Crippen molar-refractivity contribution in [2.24, 2.45) is 0 Å². The van der Waals surface area contributed by atoms with E-state index in [4.69, 9.17) is 9.47 Å². The van der Waals surface area contributed by atoms with Gasteiger partial charge >= 0.3 is 12.0 Å². The van der Waals surface area contributed by atoms with E-state index >= 15 is 0 Å². The zero-order valence-electron chi connectivity index (χ0n) is 18.3. The second-order valence-corrected chi connectivity index (χ2v) is 7.98. The number of urea groups is 1. The number of ether oxygens (including phenoxy) is 2. The number of pyridine rings is 1. The molecule has 4 heterocycles. The van der Waals surface area contributed by atoms with Gasteiger partial charge in [-0.05, 0) is 43.4 Å². The summed E-state index contributed by atoms with van der Waals surface area (Å²) >= 11 is 0. The monoisotopic (exact) mass is 443 g/mol. The Balaban J connectivity index is 1.39. The van der Waals surface area contributed by atoms with Crippen molar-refractivity contribution in [1.29, 1.82) is 0 Å². The molecular formula is C22H29N5O5. The van der Waals surface area contributed by atoms with Gasteiger partial charge in [-0.15, -0.1) is 0 Å². The number of morpholine rings is 1. The van der Waals surface area contributed by atoms with Crippen LogP contribution < -0.4 is 5.32 Å². The van der Waals surface area contributed by atoms with Gasteiger partial charge in [0.2, 0.25) is 0 Å². The molecule has 2 aliphatic heterocycles. The lowest BCUT2D eigenvalue weighted by molar-refractivity contribution is -0.141. The molecule has 0 spiro atoms. The Hall–Kier alpha value is -3.14. The predicted octanol–water partition coefficient (Wildman–Crippen LogP) is 1.26. The highest BCUT2D eigenvalue weighted by molar-refractivity contribution is 6.00. The summed E-state index contributed by atoms with van der Waals surface area (Å²) in [6, 6.07) is 3.83. The molecule has 2 saturated heterocycles. The summed E-state index contributed by atoms with van der Waals surface area (Å²) in [6.07, 6.45) is 5.14. The number of hydrogen-bond acceptors (Lipinski definition) is 6. The maximum atomic E-state index is 13.0. The molecule has 0 saturated carbocycles. The smallest absolute Gasteiger partial charge is 0.325 e. The first-order valence-corrected chi connectivity index (χ1v) is 11.1. The first-order valence-electron chi connectivity index (χ1n) is 11.1. The van der Waals surface area contributed by atoms with Crippen LogP contribution in [0.4, 0.5) is 4.79 Å². The molecule has 2 aliphatic rings. The van der Waals surface area contributed by atoms with Gasteiger partial charge in [0.25, 0.3) is 5.91 Å². The van der Waals surface area contributed by atoms with Gasteiger partial charge in [-0.2, -0.15) is 5.10 Å². The van der Waals surface area contributed by atoms with Gasteiger partial charge in [0, 0.05) is 32.4 Å². The minimum Gasteiger partial charge on any atom is -0.465 e. The van der Waals surface area contributed by atoms with E-state index in [0.717, 1.165) is 23.9 Å². The van der Waals surface area contributed by atoms with Crippen molar-refractivity contribution in [2.75, 3.05) is 52.5 Å². The molecule has 10 nitrogen and oxygen atoms in total. The molecule has 4 rings (SSSR count). The van der Waals surface area contributed by atoms with Crippen LogP contribution in [0, 0.1) is 0 Å². The number of nitrogens with zero attached hydrogens (tertiary/aromatic N) is 4. The first kappa shape index (κ1) is 22.1. The summed E-state index contributed by atoms with van der Waals surface area (Å²) in [5.41, 5.74) is 2.54. The number of aromatic nitrogens is 2. The maximum Gasteiger partial charge on any atom is 0.325 e. The molecule has 32 heavy (non-hydrogen) atoms. The van der Waals surface area contributed by atoms with Crippen molar-refractivity contribution in [3.8, 4) is 0 Å². The Kier molecular flexibility index (Phi) is 6.89. The number of rotatable bonds is 5. The summed E-state index contributed by atoms with van der Waals surface area (Å²) in [4.78, 5) is 40.2. The lowest BCUT2D eigenvalue weighted by Gasteiger charge is -2.32. The van der Waals surface area contributed by atoms with Crippen LogP contribution >= 0.6 is 0 Å². The largest absolute Gasteiger partial charge is 0.465 e. The molecule has 10 heteroatoms. The summed E-state index contributed by atoms with van der Waals surface area (Å²) < 4.78 is 11.9. The number of carbonyl (C=O) groups is 3. The number of hydrogen-bond donors (Lipinski definition) is 1. The highest BCUT2D eigenvalue weighted by atomic mass is 16.5. The molecule has 2 aromatic heterocycles. The Bertz CT molecular complexity index is 976. The fourth-order valence-electron chi connectivity index (χ4n) is 4.24. The van der Waals surface area contributed by atoms with Gasteiger partial charge < -0.3 is 24.6 Å². The van der Waals surface area contributed by atoms with Crippen LogP contribution in [-0.2, 0) is 14.3 Å². The minimum absolute atomic E-state index is 0.0199. The van der Waals surface area contributed by atoms with Gasteiger partial charge in [-0.25, -0.2) is 9.31 Å². The topological polar surface area (TPSA) is 105 Å². The second kappa shape index (κ2) is 9.99. The van der Waals surface area contributed by atoms with E-state index in [1.165, 1.54) is 0 Å². The minimum atomic E-state index is -0.438. The number of amides is 3. The number of nitrogens with one attached hydrogen (secondary N) is 1.